The van der Waals surface area contributed by atoms with Crippen LogP contribution < -0.4 is 0 Å². The summed E-state index contributed by atoms with van der Waals surface area (Å²) in [5.74, 6) is 5.34. The summed E-state index contributed by atoms with van der Waals surface area (Å²) in [6.07, 6.45) is -0.890. The first kappa shape index (κ1) is 9.48. The van der Waals surface area contributed by atoms with Gasteiger partial charge < -0.3 is 10.2 Å². The van der Waals surface area contributed by atoms with Gasteiger partial charge in [-0.15, -0.1) is 0 Å². The molecular formula is C8H14O2. The summed E-state index contributed by atoms with van der Waals surface area (Å²) < 4.78 is 0. The normalized spacial score (nSPS) is 13.7. The van der Waals surface area contributed by atoms with Crippen LogP contribution in [-0.4, -0.2) is 22.9 Å². The molecule has 0 fully saturated rings. The second-order valence-electron chi connectivity index (χ2n) is 3.22. The fourth-order valence-electron chi connectivity index (χ4n) is 0.345. The van der Waals surface area contributed by atoms with Gasteiger partial charge in [-0.05, 0) is 20.8 Å². The highest BCUT2D eigenvalue weighted by Crippen LogP contribution is 2.09. The fraction of sp³-hybridized carbons (Fsp3) is 0.750. The Hall–Kier alpha value is -0.520. The smallest absolute Gasteiger partial charge is 0.137 e. The van der Waals surface area contributed by atoms with Crippen LogP contribution in [0, 0.1) is 17.3 Å². The predicted octanol–water partition coefficient (Wildman–Crippen LogP) is 0.389. The maximum absolute atomic E-state index is 8.80. The molecular weight excluding hydrogens is 128 g/mol. The minimum atomic E-state index is -0.890. The lowest BCUT2D eigenvalue weighted by Crippen LogP contribution is -2.10. The summed E-state index contributed by atoms with van der Waals surface area (Å²) >= 11 is 0. The molecule has 0 aliphatic rings. The topological polar surface area (TPSA) is 40.5 Å². The van der Waals surface area contributed by atoms with Crippen molar-refractivity contribution in [2.45, 2.75) is 26.9 Å². The molecule has 1 unspecified atom stereocenters. The number of aliphatic hydroxyl groups excluding tert-OH is 2. The van der Waals surface area contributed by atoms with Gasteiger partial charge in [-0.25, -0.2) is 0 Å². The van der Waals surface area contributed by atoms with Gasteiger partial charge in [0.05, 0.1) is 6.61 Å². The van der Waals surface area contributed by atoms with Crippen LogP contribution in [0.25, 0.3) is 0 Å². The van der Waals surface area contributed by atoms with Gasteiger partial charge in [-0.2, -0.15) is 0 Å². The molecule has 0 aromatic carbocycles. The average molecular weight is 142 g/mol. The molecule has 2 heteroatoms. The monoisotopic (exact) mass is 142 g/mol. The van der Waals surface area contributed by atoms with Crippen molar-refractivity contribution in [2.75, 3.05) is 6.61 Å². The molecule has 0 rings (SSSR count). The molecule has 0 radical (unpaired) electrons. The van der Waals surface area contributed by atoms with Crippen molar-refractivity contribution in [2.24, 2.45) is 5.41 Å². The molecule has 0 aromatic heterocycles. The second-order valence-corrected chi connectivity index (χ2v) is 3.22. The van der Waals surface area contributed by atoms with E-state index < -0.39 is 6.10 Å². The first-order chi connectivity index (χ1) is 4.45. The van der Waals surface area contributed by atoms with Crippen LogP contribution in [0.5, 0.6) is 0 Å². The molecule has 0 aromatic rings. The van der Waals surface area contributed by atoms with Gasteiger partial charge in [0.25, 0.3) is 0 Å². The summed E-state index contributed by atoms with van der Waals surface area (Å²) in [6.45, 7) is 5.56. The largest absolute Gasteiger partial charge is 0.393 e. The van der Waals surface area contributed by atoms with E-state index in [4.69, 9.17) is 10.2 Å². The first-order valence-electron chi connectivity index (χ1n) is 3.27. The van der Waals surface area contributed by atoms with Crippen LogP contribution in [0.1, 0.15) is 20.8 Å². The highest BCUT2D eigenvalue weighted by atomic mass is 16.3. The van der Waals surface area contributed by atoms with Crippen molar-refractivity contribution in [3.63, 3.8) is 0 Å². The van der Waals surface area contributed by atoms with Gasteiger partial charge >= 0.3 is 0 Å². The molecule has 2 N–H and O–H groups in total. The second kappa shape index (κ2) is 3.60. The predicted molar refractivity (Wildman–Crippen MR) is 40.3 cm³/mol. The van der Waals surface area contributed by atoms with Crippen LogP contribution in [-0.2, 0) is 0 Å². The third kappa shape index (κ3) is 5.61. The zero-order valence-corrected chi connectivity index (χ0v) is 6.68. The molecule has 0 aliphatic carbocycles. The van der Waals surface area contributed by atoms with E-state index in [2.05, 4.69) is 11.8 Å². The van der Waals surface area contributed by atoms with Crippen molar-refractivity contribution < 1.29 is 10.2 Å². The van der Waals surface area contributed by atoms with Gasteiger partial charge in [0.1, 0.15) is 6.10 Å². The van der Waals surface area contributed by atoms with Gasteiger partial charge in [0.2, 0.25) is 0 Å². The fourth-order valence-corrected chi connectivity index (χ4v) is 0.345. The maximum Gasteiger partial charge on any atom is 0.137 e. The molecule has 0 spiro atoms. The van der Waals surface area contributed by atoms with Crippen molar-refractivity contribution in [1.29, 1.82) is 0 Å². The van der Waals surface area contributed by atoms with Crippen LogP contribution in [0.3, 0.4) is 0 Å². The summed E-state index contributed by atoms with van der Waals surface area (Å²) in [4.78, 5) is 0. The van der Waals surface area contributed by atoms with Gasteiger partial charge in [0, 0.05) is 5.41 Å². The zero-order valence-electron chi connectivity index (χ0n) is 6.68. The SMILES string of the molecule is CC(C)(C)C#CC(O)CO. The summed E-state index contributed by atoms with van der Waals surface area (Å²) in [5, 5.41) is 17.2. The van der Waals surface area contributed by atoms with Crippen molar-refractivity contribution in [3.05, 3.63) is 0 Å². The Bertz CT molecular complexity index is 145. The van der Waals surface area contributed by atoms with E-state index >= 15 is 0 Å². The average Bonchev–Trinajstić information content (AvgIpc) is 1.81. The lowest BCUT2D eigenvalue weighted by Gasteiger charge is -2.07. The summed E-state index contributed by atoms with van der Waals surface area (Å²) in [7, 11) is 0. The quantitative estimate of drug-likeness (QED) is 0.520. The minimum Gasteiger partial charge on any atom is -0.393 e. The third-order valence-electron chi connectivity index (χ3n) is 0.787. The van der Waals surface area contributed by atoms with Crippen LogP contribution >= 0.6 is 0 Å². The molecule has 0 amide bonds. The number of aliphatic hydroxyl groups is 2. The van der Waals surface area contributed by atoms with E-state index in [-0.39, 0.29) is 12.0 Å². The molecule has 1 atom stereocenters. The molecule has 0 saturated heterocycles. The van der Waals surface area contributed by atoms with Crippen LogP contribution in [0.2, 0.25) is 0 Å². The van der Waals surface area contributed by atoms with E-state index in [1.807, 2.05) is 20.8 Å². The molecule has 0 heterocycles. The molecule has 0 bridgehead atoms. The van der Waals surface area contributed by atoms with Gasteiger partial charge in [-0.1, -0.05) is 11.8 Å². The van der Waals surface area contributed by atoms with Crippen molar-refractivity contribution in [3.8, 4) is 11.8 Å². The Kier molecular flexibility index (Phi) is 3.41. The number of rotatable bonds is 1. The van der Waals surface area contributed by atoms with E-state index in [1.165, 1.54) is 0 Å². The lowest BCUT2D eigenvalue weighted by molar-refractivity contribution is 0.137. The molecule has 0 saturated carbocycles. The maximum atomic E-state index is 8.80. The first-order valence-corrected chi connectivity index (χ1v) is 3.27. The van der Waals surface area contributed by atoms with Crippen molar-refractivity contribution >= 4 is 0 Å². The number of hydrogen-bond acceptors (Lipinski definition) is 2. The third-order valence-corrected chi connectivity index (χ3v) is 0.787. The summed E-state index contributed by atoms with van der Waals surface area (Å²) in [6, 6.07) is 0. The van der Waals surface area contributed by atoms with E-state index in [0.717, 1.165) is 0 Å². The summed E-state index contributed by atoms with van der Waals surface area (Å²) in [5.41, 5.74) is -0.101. The standard InChI is InChI=1S/C8H14O2/c1-8(2,3)5-4-7(10)6-9/h7,9-10H,6H2,1-3H3. The van der Waals surface area contributed by atoms with Crippen molar-refractivity contribution in [1.82, 2.24) is 0 Å². The Labute approximate surface area is 61.9 Å². The van der Waals surface area contributed by atoms with E-state index in [1.54, 1.807) is 0 Å². The highest BCUT2D eigenvalue weighted by molar-refractivity contribution is 5.10. The van der Waals surface area contributed by atoms with E-state index in [0.29, 0.717) is 0 Å². The Morgan fingerprint density at radius 1 is 1.40 bits per heavy atom. The Morgan fingerprint density at radius 2 is 1.90 bits per heavy atom. The Morgan fingerprint density at radius 3 is 2.20 bits per heavy atom. The molecule has 2 nitrogen and oxygen atoms in total. The Balaban J connectivity index is 3.91. The molecule has 58 valence electrons. The minimum absolute atomic E-state index is 0.101. The van der Waals surface area contributed by atoms with Gasteiger partial charge in [0.15, 0.2) is 0 Å². The van der Waals surface area contributed by atoms with Crippen LogP contribution in [0.4, 0.5) is 0 Å². The van der Waals surface area contributed by atoms with Crippen LogP contribution in [0.15, 0.2) is 0 Å². The zero-order chi connectivity index (χ0) is 8.20. The lowest BCUT2D eigenvalue weighted by atomic mass is 9.98. The molecule has 10 heavy (non-hydrogen) atoms. The van der Waals surface area contributed by atoms with E-state index in [9.17, 15) is 0 Å². The van der Waals surface area contributed by atoms with Gasteiger partial charge in [-0.3, -0.25) is 0 Å². The highest BCUT2D eigenvalue weighted by Gasteiger charge is 2.04. The number of hydrogen-bond donors (Lipinski definition) is 2. The molecule has 0 aliphatic heterocycles.